The Hall–Kier alpha value is -1.00. The molecule has 3 nitrogen and oxygen atoms in total. The van der Waals surface area contributed by atoms with E-state index in [0.717, 1.165) is 5.75 Å². The molecule has 0 spiro atoms. The van der Waals surface area contributed by atoms with Crippen LogP contribution in [0.25, 0.3) is 0 Å². The molecule has 2 N–H and O–H groups in total. The van der Waals surface area contributed by atoms with Crippen LogP contribution in [0.1, 0.15) is 44.5 Å². The van der Waals surface area contributed by atoms with E-state index in [2.05, 4.69) is 12.2 Å². The largest absolute Gasteiger partial charge is 0.393 e. The van der Waals surface area contributed by atoms with Crippen LogP contribution in [-0.2, 0) is 0 Å². The highest BCUT2D eigenvalue weighted by Gasteiger charge is 2.21. The Kier molecular flexibility index (Phi) is 6.56. The molecule has 0 fully saturated rings. The summed E-state index contributed by atoms with van der Waals surface area (Å²) in [6.45, 7) is 8.52. The Labute approximate surface area is 126 Å². The van der Waals surface area contributed by atoms with E-state index in [1.54, 1.807) is 18.7 Å². The number of aliphatic hydroxyl groups is 1. The van der Waals surface area contributed by atoms with Gasteiger partial charge in [-0.2, -0.15) is 0 Å². The molecule has 1 atom stereocenters. The molecule has 1 amide bonds. The fourth-order valence-electron chi connectivity index (χ4n) is 2.16. The molecule has 0 saturated heterocycles. The minimum Gasteiger partial charge on any atom is -0.393 e. The van der Waals surface area contributed by atoms with Gasteiger partial charge in [0.25, 0.3) is 5.91 Å². The molecule has 0 radical (unpaired) electrons. The molecule has 0 bridgehead atoms. The lowest BCUT2D eigenvalue weighted by molar-refractivity contribution is 0.0902. The van der Waals surface area contributed by atoms with E-state index in [-0.39, 0.29) is 17.4 Å². The summed E-state index contributed by atoms with van der Waals surface area (Å²) in [7, 11) is 0. The molecule has 0 aliphatic carbocycles. The maximum absolute atomic E-state index is 12.1. The van der Waals surface area contributed by atoms with Crippen LogP contribution in [0.15, 0.2) is 29.2 Å². The number of aliphatic hydroxyl groups excluding tert-OH is 1. The van der Waals surface area contributed by atoms with Gasteiger partial charge < -0.3 is 10.4 Å². The van der Waals surface area contributed by atoms with Gasteiger partial charge in [0.15, 0.2) is 0 Å². The van der Waals surface area contributed by atoms with Crippen molar-refractivity contribution in [3.8, 4) is 0 Å². The molecule has 20 heavy (non-hydrogen) atoms. The fourth-order valence-corrected chi connectivity index (χ4v) is 2.82. The number of amides is 1. The molecular formula is C16H25NO2S. The molecule has 1 unspecified atom stereocenters. The van der Waals surface area contributed by atoms with E-state index in [4.69, 9.17) is 0 Å². The highest BCUT2D eigenvalue weighted by atomic mass is 32.2. The quantitative estimate of drug-likeness (QED) is 0.759. The Morgan fingerprint density at radius 2 is 1.95 bits per heavy atom. The van der Waals surface area contributed by atoms with Crippen LogP contribution in [0.3, 0.4) is 0 Å². The molecule has 0 aliphatic rings. The summed E-state index contributed by atoms with van der Waals surface area (Å²) in [6.07, 6.45) is 0.312. The lowest BCUT2D eigenvalue weighted by Gasteiger charge is -2.26. The van der Waals surface area contributed by atoms with E-state index in [1.165, 1.54) is 4.90 Å². The monoisotopic (exact) mass is 295 g/mol. The number of thioether (sulfide) groups is 1. The summed E-state index contributed by atoms with van der Waals surface area (Å²) in [5.41, 5.74) is 0.570. The third-order valence-electron chi connectivity index (χ3n) is 3.00. The first-order valence-electron chi connectivity index (χ1n) is 7.03. The van der Waals surface area contributed by atoms with Crippen LogP contribution >= 0.6 is 11.8 Å². The van der Waals surface area contributed by atoms with Crippen molar-refractivity contribution in [2.24, 2.45) is 5.41 Å². The SMILES string of the molecule is CCSc1ccc(C(=O)NCC(C)(C)CC(C)O)cc1. The Morgan fingerprint density at radius 3 is 2.45 bits per heavy atom. The van der Waals surface area contributed by atoms with E-state index in [9.17, 15) is 9.90 Å². The van der Waals surface area contributed by atoms with Gasteiger partial charge in [0.05, 0.1) is 6.10 Å². The topological polar surface area (TPSA) is 49.3 Å². The van der Waals surface area contributed by atoms with Crippen LogP contribution < -0.4 is 5.32 Å². The van der Waals surface area contributed by atoms with Crippen molar-refractivity contribution in [3.63, 3.8) is 0 Å². The Morgan fingerprint density at radius 1 is 1.35 bits per heavy atom. The van der Waals surface area contributed by atoms with Crippen molar-refractivity contribution in [1.29, 1.82) is 0 Å². The molecule has 0 saturated carbocycles. The first kappa shape index (κ1) is 17.1. The van der Waals surface area contributed by atoms with Gasteiger partial charge in [0.2, 0.25) is 0 Å². The van der Waals surface area contributed by atoms with Gasteiger partial charge in [0.1, 0.15) is 0 Å². The number of hydrogen-bond donors (Lipinski definition) is 2. The van der Waals surface area contributed by atoms with Gasteiger partial charge in [-0.15, -0.1) is 11.8 Å². The average molecular weight is 295 g/mol. The standard InChI is InChI=1S/C16H25NO2S/c1-5-20-14-8-6-13(7-9-14)15(19)17-11-16(3,4)10-12(2)18/h6-9,12,18H,5,10-11H2,1-4H3,(H,17,19). The van der Waals surface area contributed by atoms with E-state index < -0.39 is 0 Å². The van der Waals surface area contributed by atoms with Crippen LogP contribution in [0, 0.1) is 5.41 Å². The van der Waals surface area contributed by atoms with Gasteiger partial charge in [-0.05, 0) is 48.8 Å². The van der Waals surface area contributed by atoms with Crippen molar-refractivity contribution in [3.05, 3.63) is 29.8 Å². The summed E-state index contributed by atoms with van der Waals surface area (Å²) in [5, 5.41) is 12.4. The van der Waals surface area contributed by atoms with Gasteiger partial charge in [-0.25, -0.2) is 0 Å². The molecule has 4 heteroatoms. The fraction of sp³-hybridized carbons (Fsp3) is 0.562. The second kappa shape index (κ2) is 7.70. The predicted molar refractivity (Wildman–Crippen MR) is 85.3 cm³/mol. The number of nitrogens with one attached hydrogen (secondary N) is 1. The van der Waals surface area contributed by atoms with Gasteiger partial charge in [-0.3, -0.25) is 4.79 Å². The van der Waals surface area contributed by atoms with Crippen molar-refractivity contribution >= 4 is 17.7 Å². The summed E-state index contributed by atoms with van der Waals surface area (Å²) in [6, 6.07) is 7.66. The van der Waals surface area contributed by atoms with E-state index >= 15 is 0 Å². The summed E-state index contributed by atoms with van der Waals surface area (Å²) in [4.78, 5) is 13.2. The second-order valence-corrected chi connectivity index (χ2v) is 7.19. The third-order valence-corrected chi connectivity index (χ3v) is 3.90. The first-order valence-corrected chi connectivity index (χ1v) is 8.02. The lowest BCUT2D eigenvalue weighted by Crippen LogP contribution is -2.35. The smallest absolute Gasteiger partial charge is 0.251 e. The van der Waals surface area contributed by atoms with Crippen LogP contribution in [-0.4, -0.2) is 29.4 Å². The molecule has 1 rings (SSSR count). The first-order chi connectivity index (χ1) is 9.34. The minimum absolute atomic E-state index is 0.0586. The molecule has 0 heterocycles. The number of rotatable bonds is 7. The van der Waals surface area contributed by atoms with Crippen molar-refractivity contribution in [2.45, 2.75) is 45.1 Å². The normalized spacial score (nSPS) is 13.1. The summed E-state index contributed by atoms with van der Waals surface area (Å²) in [5.74, 6) is 0.968. The molecule has 0 aliphatic heterocycles. The van der Waals surface area contributed by atoms with Crippen molar-refractivity contribution < 1.29 is 9.90 Å². The van der Waals surface area contributed by atoms with Crippen molar-refractivity contribution in [2.75, 3.05) is 12.3 Å². The Balaban J connectivity index is 2.54. The summed E-state index contributed by atoms with van der Waals surface area (Å²) >= 11 is 1.76. The van der Waals surface area contributed by atoms with Crippen LogP contribution in [0.2, 0.25) is 0 Å². The molecular weight excluding hydrogens is 270 g/mol. The maximum atomic E-state index is 12.1. The zero-order valence-electron chi connectivity index (χ0n) is 12.8. The second-order valence-electron chi connectivity index (χ2n) is 5.86. The predicted octanol–water partition coefficient (Wildman–Crippen LogP) is 3.33. The molecule has 112 valence electrons. The number of carbonyl (C=O) groups is 1. The van der Waals surface area contributed by atoms with E-state index in [1.807, 2.05) is 38.1 Å². The zero-order valence-corrected chi connectivity index (χ0v) is 13.6. The van der Waals surface area contributed by atoms with Gasteiger partial charge in [-0.1, -0.05) is 20.8 Å². The lowest BCUT2D eigenvalue weighted by atomic mass is 9.87. The number of hydrogen-bond acceptors (Lipinski definition) is 3. The minimum atomic E-state index is -0.354. The van der Waals surface area contributed by atoms with Gasteiger partial charge in [0, 0.05) is 17.0 Å². The molecule has 1 aromatic rings. The zero-order chi connectivity index (χ0) is 15.2. The molecule has 1 aromatic carbocycles. The summed E-state index contributed by atoms with van der Waals surface area (Å²) < 4.78 is 0. The van der Waals surface area contributed by atoms with Crippen molar-refractivity contribution in [1.82, 2.24) is 5.32 Å². The van der Waals surface area contributed by atoms with Crippen LogP contribution in [0.4, 0.5) is 0 Å². The highest BCUT2D eigenvalue weighted by molar-refractivity contribution is 7.99. The number of benzene rings is 1. The van der Waals surface area contributed by atoms with Crippen LogP contribution in [0.5, 0.6) is 0 Å². The maximum Gasteiger partial charge on any atom is 0.251 e. The molecule has 0 aromatic heterocycles. The third kappa shape index (κ3) is 5.97. The Bertz CT molecular complexity index is 427. The van der Waals surface area contributed by atoms with Gasteiger partial charge >= 0.3 is 0 Å². The number of carbonyl (C=O) groups excluding carboxylic acids is 1. The van der Waals surface area contributed by atoms with E-state index in [0.29, 0.717) is 18.5 Å². The average Bonchev–Trinajstić information content (AvgIpc) is 2.36. The highest BCUT2D eigenvalue weighted by Crippen LogP contribution is 2.21.